The molecule has 0 saturated carbocycles. The van der Waals surface area contributed by atoms with E-state index < -0.39 is 6.10 Å². The summed E-state index contributed by atoms with van der Waals surface area (Å²) >= 11 is 3.25. The number of carbonyl (C=O) groups excluding carboxylic acids is 1. The number of carbonyl (C=O) groups is 1. The fourth-order valence-corrected chi connectivity index (χ4v) is 3.08. The number of morpholine rings is 1. The molecule has 1 saturated heterocycles. The maximum atomic E-state index is 12.8. The van der Waals surface area contributed by atoms with E-state index in [-0.39, 0.29) is 5.91 Å². The zero-order valence-corrected chi connectivity index (χ0v) is 16.3. The number of hydrogen-bond acceptors (Lipinski definition) is 4. The number of benzene rings is 1. The van der Waals surface area contributed by atoms with E-state index in [0.717, 1.165) is 23.6 Å². The summed E-state index contributed by atoms with van der Waals surface area (Å²) in [5.41, 5.74) is 1.93. The molecule has 1 aliphatic heterocycles. The van der Waals surface area contributed by atoms with Crippen LogP contribution < -0.4 is 4.74 Å². The largest absolute Gasteiger partial charge is 0.497 e. The Hall–Kier alpha value is -2.12. The van der Waals surface area contributed by atoms with E-state index in [2.05, 4.69) is 20.9 Å². The van der Waals surface area contributed by atoms with E-state index >= 15 is 0 Å². The Balaban J connectivity index is 1.60. The van der Waals surface area contributed by atoms with Crippen molar-refractivity contribution in [2.45, 2.75) is 25.6 Å². The van der Waals surface area contributed by atoms with Crippen molar-refractivity contribution in [1.82, 2.24) is 14.5 Å². The number of aromatic nitrogens is 2. The van der Waals surface area contributed by atoms with Gasteiger partial charge in [-0.25, -0.2) is 4.98 Å². The van der Waals surface area contributed by atoms with Gasteiger partial charge in [-0.1, -0.05) is 34.1 Å². The molecule has 138 valence electrons. The number of hydrogen-bond donors (Lipinski definition) is 0. The Morgan fingerprint density at radius 1 is 1.38 bits per heavy atom. The predicted octanol–water partition coefficient (Wildman–Crippen LogP) is 2.77. The van der Waals surface area contributed by atoms with Gasteiger partial charge in [0.05, 0.1) is 25.7 Å². The van der Waals surface area contributed by atoms with Crippen LogP contribution in [0.4, 0.5) is 0 Å². The fourth-order valence-electron chi connectivity index (χ4n) is 2.91. The molecule has 26 heavy (non-hydrogen) atoms. The second-order valence-corrected chi connectivity index (χ2v) is 6.62. The first-order valence-electron chi connectivity index (χ1n) is 8.49. The highest BCUT2D eigenvalue weighted by Crippen LogP contribution is 2.17. The molecule has 7 heteroatoms. The number of methoxy groups -OCH3 is 1. The van der Waals surface area contributed by atoms with Crippen molar-refractivity contribution in [2.24, 2.45) is 0 Å². The predicted molar refractivity (Wildman–Crippen MR) is 102 cm³/mol. The highest BCUT2D eigenvalue weighted by Gasteiger charge is 2.30. The second-order valence-electron chi connectivity index (χ2n) is 6.09. The lowest BCUT2D eigenvalue weighted by molar-refractivity contribution is -0.153. The molecule has 0 aliphatic carbocycles. The van der Waals surface area contributed by atoms with Crippen LogP contribution in [-0.2, 0) is 29.0 Å². The number of halogens is 1. The van der Waals surface area contributed by atoms with Crippen molar-refractivity contribution in [3.63, 3.8) is 0 Å². The van der Waals surface area contributed by atoms with Gasteiger partial charge in [0.1, 0.15) is 11.9 Å². The highest BCUT2D eigenvalue weighted by atomic mass is 79.9. The van der Waals surface area contributed by atoms with Crippen molar-refractivity contribution in [1.29, 1.82) is 0 Å². The topological polar surface area (TPSA) is 56.6 Å². The number of amides is 1. The molecule has 1 amide bonds. The van der Waals surface area contributed by atoms with Crippen LogP contribution in [0.1, 0.15) is 11.3 Å². The zero-order chi connectivity index (χ0) is 18.4. The van der Waals surface area contributed by atoms with Gasteiger partial charge in [0, 0.05) is 32.3 Å². The Kier molecular flexibility index (Phi) is 6.46. The van der Waals surface area contributed by atoms with Gasteiger partial charge in [-0.05, 0) is 22.7 Å². The second kappa shape index (κ2) is 9.00. The van der Waals surface area contributed by atoms with Crippen LogP contribution in [0.5, 0.6) is 5.75 Å². The van der Waals surface area contributed by atoms with Crippen LogP contribution in [0, 0.1) is 0 Å². The minimum absolute atomic E-state index is 0.0157. The summed E-state index contributed by atoms with van der Waals surface area (Å²) in [5.74, 6) is 0.826. The minimum atomic E-state index is -0.475. The van der Waals surface area contributed by atoms with E-state index in [1.54, 1.807) is 13.4 Å². The number of allylic oxidation sites excluding steroid dienone is 1. The Labute approximate surface area is 161 Å². The lowest BCUT2D eigenvalue weighted by atomic mass is 10.1. The van der Waals surface area contributed by atoms with E-state index in [4.69, 9.17) is 9.47 Å². The number of rotatable bonds is 7. The molecule has 0 bridgehead atoms. The van der Waals surface area contributed by atoms with Crippen molar-refractivity contribution in [3.05, 3.63) is 59.1 Å². The van der Waals surface area contributed by atoms with Crippen LogP contribution in [0.2, 0.25) is 0 Å². The SMILES string of the molecule is COc1ccc(CN2CCOC(Cc3cn(CC=CBr)cn3)C2=O)cc1. The van der Waals surface area contributed by atoms with Gasteiger partial charge in [0.25, 0.3) is 5.91 Å². The average Bonchev–Trinajstić information content (AvgIpc) is 3.11. The molecule has 3 rings (SSSR count). The molecule has 6 nitrogen and oxygen atoms in total. The summed E-state index contributed by atoms with van der Waals surface area (Å²) in [7, 11) is 1.64. The Morgan fingerprint density at radius 3 is 2.92 bits per heavy atom. The van der Waals surface area contributed by atoms with Gasteiger partial charge in [-0.15, -0.1) is 0 Å². The monoisotopic (exact) mass is 419 g/mol. The van der Waals surface area contributed by atoms with Gasteiger partial charge in [0.2, 0.25) is 0 Å². The van der Waals surface area contributed by atoms with E-state index in [1.807, 2.05) is 51.0 Å². The first kappa shape index (κ1) is 18.7. The smallest absolute Gasteiger partial charge is 0.252 e. The standard InChI is InChI=1S/C19H22BrN3O3/c1-25-17-5-3-15(4-6-17)12-23-9-10-26-18(19(23)24)11-16-13-22(14-21-16)8-2-7-20/h2-7,13-14,18H,8-12H2,1H3. The molecule has 0 radical (unpaired) electrons. The molecule has 1 fully saturated rings. The van der Waals surface area contributed by atoms with E-state index in [1.165, 1.54) is 0 Å². The first-order valence-corrected chi connectivity index (χ1v) is 9.40. The fraction of sp³-hybridized carbons (Fsp3) is 0.368. The molecular weight excluding hydrogens is 398 g/mol. The van der Waals surface area contributed by atoms with Gasteiger partial charge >= 0.3 is 0 Å². The molecule has 1 aromatic carbocycles. The molecule has 1 aliphatic rings. The third-order valence-electron chi connectivity index (χ3n) is 4.29. The molecule has 0 N–H and O–H groups in total. The van der Waals surface area contributed by atoms with Crippen LogP contribution in [-0.4, -0.2) is 46.7 Å². The third-order valence-corrected chi connectivity index (χ3v) is 4.66. The van der Waals surface area contributed by atoms with E-state index in [9.17, 15) is 4.79 Å². The lowest BCUT2D eigenvalue weighted by Crippen LogP contribution is -2.48. The Bertz CT molecular complexity index is 758. The minimum Gasteiger partial charge on any atom is -0.497 e. The number of nitrogens with zero attached hydrogens (tertiary/aromatic N) is 3. The molecule has 1 aromatic heterocycles. The van der Waals surface area contributed by atoms with Crippen molar-refractivity contribution < 1.29 is 14.3 Å². The summed E-state index contributed by atoms with van der Waals surface area (Å²) in [4.78, 5) is 20.8. The molecule has 2 heterocycles. The third kappa shape index (κ3) is 4.74. The van der Waals surface area contributed by atoms with Gasteiger partial charge in [-0.3, -0.25) is 4.79 Å². The van der Waals surface area contributed by atoms with Crippen molar-refractivity contribution in [3.8, 4) is 5.75 Å². The molecule has 0 spiro atoms. The van der Waals surface area contributed by atoms with Crippen LogP contribution in [0.25, 0.3) is 0 Å². The van der Waals surface area contributed by atoms with Crippen LogP contribution >= 0.6 is 15.9 Å². The van der Waals surface area contributed by atoms with Gasteiger partial charge in [0.15, 0.2) is 0 Å². The quantitative estimate of drug-likeness (QED) is 0.692. The summed E-state index contributed by atoms with van der Waals surface area (Å²) in [6, 6.07) is 7.78. The number of ether oxygens (including phenoxy) is 2. The molecule has 1 atom stereocenters. The van der Waals surface area contributed by atoms with Crippen molar-refractivity contribution in [2.75, 3.05) is 20.3 Å². The van der Waals surface area contributed by atoms with Gasteiger partial charge in [-0.2, -0.15) is 0 Å². The lowest BCUT2D eigenvalue weighted by Gasteiger charge is -2.32. The van der Waals surface area contributed by atoms with E-state index in [0.29, 0.717) is 26.1 Å². The summed E-state index contributed by atoms with van der Waals surface area (Å²) in [6.45, 7) is 2.46. The first-order chi connectivity index (χ1) is 12.7. The van der Waals surface area contributed by atoms with Crippen LogP contribution in [0.3, 0.4) is 0 Å². The summed E-state index contributed by atoms with van der Waals surface area (Å²) < 4.78 is 12.8. The van der Waals surface area contributed by atoms with Crippen molar-refractivity contribution >= 4 is 21.8 Å². The summed E-state index contributed by atoms with van der Waals surface area (Å²) in [6.07, 6.45) is 5.71. The average molecular weight is 420 g/mol. The van der Waals surface area contributed by atoms with Gasteiger partial charge < -0.3 is 18.9 Å². The summed E-state index contributed by atoms with van der Waals surface area (Å²) in [5, 5.41) is 0. The molecule has 2 aromatic rings. The zero-order valence-electron chi connectivity index (χ0n) is 14.7. The number of imidazole rings is 1. The Morgan fingerprint density at radius 2 is 2.19 bits per heavy atom. The normalized spacial score (nSPS) is 17.8. The van der Waals surface area contributed by atoms with Crippen LogP contribution in [0.15, 0.2) is 47.9 Å². The maximum Gasteiger partial charge on any atom is 0.252 e. The highest BCUT2D eigenvalue weighted by molar-refractivity contribution is 9.11. The molecular formula is C19H22BrN3O3. The maximum absolute atomic E-state index is 12.8. The molecule has 1 unspecified atom stereocenters.